The maximum Gasteiger partial charge on any atom is 2.00 e. The second-order valence-corrected chi connectivity index (χ2v) is 2.58. The van der Waals surface area contributed by atoms with Crippen LogP contribution in [0, 0.1) is 6.20 Å². The van der Waals surface area contributed by atoms with Gasteiger partial charge >= 0.3 is 23.1 Å². The van der Waals surface area contributed by atoms with Crippen LogP contribution in [0.25, 0.3) is 10.9 Å². The van der Waals surface area contributed by atoms with Crippen LogP contribution in [0.5, 0.6) is 0 Å². The number of hydrogen-bond acceptors (Lipinski definition) is 0. The first-order chi connectivity index (χ1) is 4.86. The van der Waals surface area contributed by atoms with Crippen LogP contribution in [0.15, 0.2) is 24.3 Å². The van der Waals surface area contributed by atoms with Crippen LogP contribution in [-0.4, -0.2) is 28.0 Å². The molecule has 2 aromatic rings. The van der Waals surface area contributed by atoms with Crippen molar-refractivity contribution in [2.75, 3.05) is 0 Å². The smallest absolute Gasteiger partial charge is 1.00 e. The van der Waals surface area contributed by atoms with Gasteiger partial charge in [0.25, 0.3) is 0 Å². The van der Waals surface area contributed by atoms with Crippen molar-refractivity contribution in [2.24, 2.45) is 0 Å². The molecule has 1 aromatic heterocycles. The molecule has 1 N–H and O–H groups in total. The first-order valence-electron chi connectivity index (χ1n) is 3.00. The summed E-state index contributed by atoms with van der Waals surface area (Å²) >= 11 is 5.74. The Labute approximate surface area is 109 Å². The fourth-order valence-electron chi connectivity index (χ4n) is 0.954. The van der Waals surface area contributed by atoms with Crippen molar-refractivity contribution >= 4 is 45.6 Å². The molecule has 2 rings (SSSR count). The van der Waals surface area contributed by atoms with E-state index in [1.165, 1.54) is 0 Å². The Morgan fingerprint density at radius 1 is 1.33 bits per heavy atom. The van der Waals surface area contributed by atoms with E-state index in [9.17, 15) is 0 Å². The number of rotatable bonds is 0. The molecular formula is C8H5ClIMgN. The second-order valence-electron chi connectivity index (χ2n) is 2.15. The van der Waals surface area contributed by atoms with Gasteiger partial charge in [0.2, 0.25) is 0 Å². The van der Waals surface area contributed by atoms with Crippen molar-refractivity contribution < 1.29 is 24.0 Å². The van der Waals surface area contributed by atoms with Crippen LogP contribution in [-0.2, 0) is 0 Å². The maximum absolute atomic E-state index is 5.74. The van der Waals surface area contributed by atoms with E-state index in [1.807, 2.05) is 24.3 Å². The van der Waals surface area contributed by atoms with Gasteiger partial charge in [0.05, 0.1) is 0 Å². The molecule has 12 heavy (non-hydrogen) atoms. The van der Waals surface area contributed by atoms with Gasteiger partial charge in [0, 0.05) is 5.02 Å². The van der Waals surface area contributed by atoms with Gasteiger partial charge in [-0.3, -0.25) is 0 Å². The first-order valence-corrected chi connectivity index (χ1v) is 3.38. The molecule has 0 bridgehead atoms. The molecule has 0 aliphatic heterocycles. The number of hydrogen-bond donors (Lipinski definition) is 1. The Kier molecular flexibility index (Phi) is 5.56. The SMILES string of the molecule is Clc1ccc2c[c-][nH]c2c1.[I-].[Mg+2]. The molecule has 0 radical (unpaired) electrons. The van der Waals surface area contributed by atoms with E-state index in [2.05, 4.69) is 11.2 Å². The molecule has 1 nitrogen and oxygen atoms in total. The number of aromatic amines is 1. The van der Waals surface area contributed by atoms with E-state index >= 15 is 0 Å². The third kappa shape index (κ3) is 2.52. The van der Waals surface area contributed by atoms with E-state index in [0.717, 1.165) is 15.9 Å². The molecule has 0 unspecified atom stereocenters. The summed E-state index contributed by atoms with van der Waals surface area (Å²) in [5, 5.41) is 1.90. The third-order valence-corrected chi connectivity index (χ3v) is 1.68. The Morgan fingerprint density at radius 2 is 2.08 bits per heavy atom. The summed E-state index contributed by atoms with van der Waals surface area (Å²) in [7, 11) is 0. The van der Waals surface area contributed by atoms with Crippen molar-refractivity contribution in [3.8, 4) is 0 Å². The molecule has 1 heterocycles. The van der Waals surface area contributed by atoms with Gasteiger partial charge in [-0.2, -0.15) is 11.5 Å². The topological polar surface area (TPSA) is 15.8 Å². The molecule has 0 atom stereocenters. The zero-order valence-corrected chi connectivity index (χ0v) is 10.6. The minimum absolute atomic E-state index is 0. The summed E-state index contributed by atoms with van der Waals surface area (Å²) in [6.45, 7) is 0. The Hall–Kier alpha value is 0.546. The minimum atomic E-state index is 0. The van der Waals surface area contributed by atoms with E-state index in [-0.39, 0.29) is 47.0 Å². The fourth-order valence-corrected chi connectivity index (χ4v) is 1.13. The molecule has 0 fully saturated rings. The monoisotopic (exact) mass is 301 g/mol. The summed E-state index contributed by atoms with van der Waals surface area (Å²) in [6, 6.07) is 7.61. The van der Waals surface area contributed by atoms with Gasteiger partial charge < -0.3 is 29.0 Å². The maximum atomic E-state index is 5.74. The average Bonchev–Trinajstić information content (AvgIpc) is 2.33. The van der Waals surface area contributed by atoms with Crippen molar-refractivity contribution in [3.05, 3.63) is 35.5 Å². The molecule has 0 saturated heterocycles. The van der Waals surface area contributed by atoms with E-state index in [0.29, 0.717) is 0 Å². The largest absolute Gasteiger partial charge is 2.00 e. The van der Waals surface area contributed by atoms with Gasteiger partial charge in [0.1, 0.15) is 0 Å². The Balaban J connectivity index is 0.000000605. The molecule has 0 aliphatic carbocycles. The normalized spacial score (nSPS) is 8.75. The summed E-state index contributed by atoms with van der Waals surface area (Å²) in [6.07, 6.45) is 2.88. The van der Waals surface area contributed by atoms with Gasteiger partial charge in [0.15, 0.2) is 0 Å². The average molecular weight is 302 g/mol. The standard InChI is InChI=1S/C8H5ClN.HI.Mg/c9-7-2-1-6-3-4-10-8(6)5-7;;/h1-3,5,10H;1H;/q-1;;+2/p-1. The fraction of sp³-hybridized carbons (Fsp3) is 0. The number of H-pyrrole nitrogens is 1. The molecule has 58 valence electrons. The molecule has 1 aromatic carbocycles. The summed E-state index contributed by atoms with van der Waals surface area (Å²) in [4.78, 5) is 2.95. The predicted octanol–water partition coefficient (Wildman–Crippen LogP) is -0.755. The number of fused-ring (bicyclic) bond motifs is 1. The first kappa shape index (κ1) is 12.5. The Morgan fingerprint density at radius 3 is 2.83 bits per heavy atom. The number of benzene rings is 1. The van der Waals surface area contributed by atoms with Crippen LogP contribution < -0.4 is 24.0 Å². The summed E-state index contributed by atoms with van der Waals surface area (Å²) in [5.74, 6) is 0. The van der Waals surface area contributed by atoms with Crippen LogP contribution in [0.3, 0.4) is 0 Å². The van der Waals surface area contributed by atoms with Gasteiger partial charge in [-0.1, -0.05) is 23.7 Å². The van der Waals surface area contributed by atoms with Crippen molar-refractivity contribution in [1.82, 2.24) is 4.98 Å². The molecule has 0 amide bonds. The zero-order chi connectivity index (χ0) is 6.97. The summed E-state index contributed by atoms with van der Waals surface area (Å²) < 4.78 is 0. The zero-order valence-electron chi connectivity index (χ0n) is 6.27. The van der Waals surface area contributed by atoms with Crippen LogP contribution in [0.1, 0.15) is 0 Å². The van der Waals surface area contributed by atoms with Gasteiger partial charge in [-0.25, -0.2) is 0 Å². The van der Waals surface area contributed by atoms with Gasteiger partial charge in [-0.05, 0) is 0 Å². The predicted molar refractivity (Wildman–Crippen MR) is 47.9 cm³/mol. The van der Waals surface area contributed by atoms with E-state index in [4.69, 9.17) is 11.6 Å². The van der Waals surface area contributed by atoms with Crippen molar-refractivity contribution in [3.63, 3.8) is 0 Å². The molecule has 4 heteroatoms. The molecule has 0 aliphatic rings. The van der Waals surface area contributed by atoms with Crippen LogP contribution >= 0.6 is 11.6 Å². The number of nitrogens with one attached hydrogen (secondary N) is 1. The van der Waals surface area contributed by atoms with Gasteiger partial charge in [-0.15, -0.1) is 17.8 Å². The van der Waals surface area contributed by atoms with Crippen LogP contribution in [0.2, 0.25) is 5.02 Å². The number of halogens is 2. The van der Waals surface area contributed by atoms with E-state index < -0.39 is 0 Å². The van der Waals surface area contributed by atoms with E-state index in [1.54, 1.807) is 0 Å². The second kappa shape index (κ2) is 5.31. The third-order valence-electron chi connectivity index (χ3n) is 1.45. The quantitative estimate of drug-likeness (QED) is 0.374. The minimum Gasteiger partial charge on any atom is -1.00 e. The molecule has 0 saturated carbocycles. The molecular weight excluding hydrogens is 297 g/mol. The number of aromatic nitrogens is 1. The van der Waals surface area contributed by atoms with Crippen molar-refractivity contribution in [2.45, 2.75) is 0 Å². The molecule has 0 spiro atoms. The Bertz CT molecular complexity index is 361. The summed E-state index contributed by atoms with van der Waals surface area (Å²) in [5.41, 5.74) is 1.03. The van der Waals surface area contributed by atoms with Crippen LogP contribution in [0.4, 0.5) is 0 Å². The van der Waals surface area contributed by atoms with Crippen molar-refractivity contribution in [1.29, 1.82) is 0 Å².